The van der Waals surface area contributed by atoms with Gasteiger partial charge in [0.1, 0.15) is 0 Å². The molecule has 30 heavy (non-hydrogen) atoms. The Morgan fingerprint density at radius 2 is 1.80 bits per heavy atom. The lowest BCUT2D eigenvalue weighted by Crippen LogP contribution is -2.28. The van der Waals surface area contributed by atoms with E-state index in [1.165, 1.54) is 16.4 Å². The molecule has 0 spiro atoms. The molecule has 4 aromatic rings. The number of carbonyl (C=O) groups excluding carboxylic acids is 1. The van der Waals surface area contributed by atoms with Gasteiger partial charge in [0, 0.05) is 5.56 Å². The van der Waals surface area contributed by atoms with E-state index in [-0.39, 0.29) is 17.7 Å². The molecule has 3 aromatic carbocycles. The molecule has 0 bridgehead atoms. The first-order valence-electron chi connectivity index (χ1n) is 9.71. The van der Waals surface area contributed by atoms with Crippen molar-refractivity contribution in [3.05, 3.63) is 77.9 Å². The van der Waals surface area contributed by atoms with Crippen LogP contribution in [0.15, 0.2) is 71.9 Å². The first kappa shape index (κ1) is 20.0. The van der Waals surface area contributed by atoms with E-state index >= 15 is 0 Å². The van der Waals surface area contributed by atoms with Crippen molar-refractivity contribution in [3.8, 4) is 11.4 Å². The van der Waals surface area contributed by atoms with Crippen LogP contribution in [-0.4, -0.2) is 26.5 Å². The Hall–Kier alpha value is -3.32. The van der Waals surface area contributed by atoms with Crippen molar-refractivity contribution in [2.75, 3.05) is 11.6 Å². The van der Waals surface area contributed by atoms with Crippen molar-refractivity contribution in [2.24, 2.45) is 0 Å². The summed E-state index contributed by atoms with van der Waals surface area (Å²) in [6.07, 6.45) is 0. The zero-order valence-corrected chi connectivity index (χ0v) is 17.7. The molecule has 0 radical (unpaired) electrons. The average molecular weight is 418 g/mol. The summed E-state index contributed by atoms with van der Waals surface area (Å²) >= 11 is 1.27. The van der Waals surface area contributed by atoms with Gasteiger partial charge in [0.2, 0.25) is 11.1 Å². The molecule has 1 aromatic heterocycles. The number of hydrogen-bond donors (Lipinski definition) is 2. The molecular formula is C23H23N5OS. The fraction of sp³-hybridized carbons (Fsp3) is 0.174. The number of benzene rings is 3. The fourth-order valence-corrected chi connectivity index (χ4v) is 4.17. The predicted molar refractivity (Wildman–Crippen MR) is 122 cm³/mol. The number of amides is 1. The van der Waals surface area contributed by atoms with E-state index in [0.29, 0.717) is 11.0 Å². The topological polar surface area (TPSA) is 85.8 Å². The summed E-state index contributed by atoms with van der Waals surface area (Å²) < 4.78 is 1.44. The van der Waals surface area contributed by atoms with Crippen molar-refractivity contribution in [1.82, 2.24) is 20.2 Å². The van der Waals surface area contributed by atoms with Gasteiger partial charge in [-0.3, -0.25) is 4.79 Å². The Morgan fingerprint density at radius 1 is 1.07 bits per heavy atom. The number of nitrogens with two attached hydrogens (primary N) is 1. The number of thioether (sulfide) groups is 1. The lowest BCUT2D eigenvalue weighted by atomic mass is 10.00. The summed E-state index contributed by atoms with van der Waals surface area (Å²) in [7, 11) is 0. The van der Waals surface area contributed by atoms with Gasteiger partial charge < -0.3 is 11.2 Å². The Labute approximate surface area is 179 Å². The van der Waals surface area contributed by atoms with E-state index in [1.807, 2.05) is 62.4 Å². The van der Waals surface area contributed by atoms with E-state index in [9.17, 15) is 4.79 Å². The highest BCUT2D eigenvalue weighted by Gasteiger charge is 2.17. The van der Waals surface area contributed by atoms with Crippen molar-refractivity contribution in [1.29, 1.82) is 0 Å². The summed E-state index contributed by atoms with van der Waals surface area (Å²) in [4.78, 5) is 12.5. The third kappa shape index (κ3) is 4.02. The number of nitrogens with one attached hydrogen (secondary N) is 1. The Bertz CT molecular complexity index is 1200. The van der Waals surface area contributed by atoms with Crippen LogP contribution in [0.2, 0.25) is 0 Å². The first-order chi connectivity index (χ1) is 14.5. The second kappa shape index (κ2) is 8.59. The summed E-state index contributed by atoms with van der Waals surface area (Å²) in [5.74, 6) is 6.89. The second-order valence-corrected chi connectivity index (χ2v) is 8.08. The number of carbonyl (C=O) groups is 1. The van der Waals surface area contributed by atoms with Crippen LogP contribution in [0.3, 0.4) is 0 Å². The molecule has 7 heteroatoms. The normalized spacial score (nSPS) is 12.1. The van der Waals surface area contributed by atoms with Crippen LogP contribution < -0.4 is 11.2 Å². The zero-order valence-electron chi connectivity index (χ0n) is 16.9. The van der Waals surface area contributed by atoms with E-state index in [0.717, 1.165) is 27.5 Å². The highest BCUT2D eigenvalue weighted by Crippen LogP contribution is 2.26. The van der Waals surface area contributed by atoms with Crippen LogP contribution >= 0.6 is 11.8 Å². The monoisotopic (exact) mass is 417 g/mol. The minimum atomic E-state index is -0.109. The summed E-state index contributed by atoms with van der Waals surface area (Å²) in [5.41, 5.74) is 3.08. The quantitative estimate of drug-likeness (QED) is 0.365. The number of rotatable bonds is 6. The molecular weight excluding hydrogens is 394 g/mol. The van der Waals surface area contributed by atoms with E-state index in [1.54, 1.807) is 0 Å². The minimum absolute atomic E-state index is 0.0825. The molecule has 0 aliphatic heterocycles. The summed E-state index contributed by atoms with van der Waals surface area (Å²) in [5, 5.41) is 14.2. The molecule has 1 amide bonds. The predicted octanol–water partition coefficient (Wildman–Crippen LogP) is 4.09. The molecule has 0 fully saturated rings. The fourth-order valence-electron chi connectivity index (χ4n) is 3.50. The largest absolute Gasteiger partial charge is 0.349 e. The third-order valence-electron chi connectivity index (χ3n) is 5.05. The highest BCUT2D eigenvalue weighted by molar-refractivity contribution is 7.99. The van der Waals surface area contributed by atoms with Gasteiger partial charge in [-0.05, 0) is 35.7 Å². The highest BCUT2D eigenvalue weighted by atomic mass is 32.2. The van der Waals surface area contributed by atoms with Crippen molar-refractivity contribution < 1.29 is 4.79 Å². The van der Waals surface area contributed by atoms with Gasteiger partial charge in [0.15, 0.2) is 5.82 Å². The second-order valence-electron chi connectivity index (χ2n) is 7.14. The molecule has 1 heterocycles. The van der Waals surface area contributed by atoms with Gasteiger partial charge in [-0.2, -0.15) is 0 Å². The molecule has 1 atom stereocenters. The van der Waals surface area contributed by atoms with Crippen LogP contribution in [0.5, 0.6) is 0 Å². The molecule has 3 N–H and O–H groups in total. The number of nitrogens with zero attached hydrogens (tertiary/aromatic N) is 3. The maximum Gasteiger partial charge on any atom is 0.230 e. The van der Waals surface area contributed by atoms with Gasteiger partial charge >= 0.3 is 0 Å². The van der Waals surface area contributed by atoms with Crippen molar-refractivity contribution in [2.45, 2.75) is 25.0 Å². The number of aryl methyl sites for hydroxylation is 1. The van der Waals surface area contributed by atoms with Crippen molar-refractivity contribution in [3.63, 3.8) is 0 Å². The van der Waals surface area contributed by atoms with E-state index in [4.69, 9.17) is 5.84 Å². The molecule has 0 unspecified atom stereocenters. The number of aromatic nitrogens is 3. The Kier molecular flexibility index (Phi) is 5.72. The Morgan fingerprint density at radius 3 is 2.63 bits per heavy atom. The minimum Gasteiger partial charge on any atom is -0.349 e. The van der Waals surface area contributed by atoms with Gasteiger partial charge in [0.25, 0.3) is 0 Å². The standard InChI is InChI=1S/C23H23N5OS/c1-15-8-3-5-11-18(15)22-26-27-23(28(22)24)30-14-21(29)25-16(2)19-13-7-10-17-9-4-6-12-20(17)19/h3-13,16H,14,24H2,1-2H3,(H,25,29)/t16-/m0/s1. The molecule has 6 nitrogen and oxygen atoms in total. The van der Waals surface area contributed by atoms with E-state index < -0.39 is 0 Å². The van der Waals surface area contributed by atoms with Crippen LogP contribution in [-0.2, 0) is 4.79 Å². The maximum atomic E-state index is 12.5. The third-order valence-corrected chi connectivity index (χ3v) is 5.99. The van der Waals surface area contributed by atoms with Crippen LogP contribution in [0, 0.1) is 6.92 Å². The van der Waals surface area contributed by atoms with Crippen LogP contribution in [0.1, 0.15) is 24.1 Å². The smallest absolute Gasteiger partial charge is 0.230 e. The molecule has 0 saturated heterocycles. The van der Waals surface area contributed by atoms with Crippen molar-refractivity contribution >= 4 is 28.4 Å². The SMILES string of the molecule is Cc1ccccc1-c1nnc(SCC(=O)N[C@@H](C)c2cccc3ccccc23)n1N. The van der Waals surface area contributed by atoms with Gasteiger partial charge in [-0.1, -0.05) is 78.5 Å². The lowest BCUT2D eigenvalue weighted by molar-refractivity contribution is -0.119. The maximum absolute atomic E-state index is 12.5. The number of hydrogen-bond acceptors (Lipinski definition) is 5. The van der Waals surface area contributed by atoms with Gasteiger partial charge in [-0.15, -0.1) is 10.2 Å². The zero-order chi connectivity index (χ0) is 21.1. The number of fused-ring (bicyclic) bond motifs is 1. The molecule has 4 rings (SSSR count). The molecule has 0 aliphatic rings. The molecule has 0 aliphatic carbocycles. The van der Waals surface area contributed by atoms with Crippen LogP contribution in [0.4, 0.5) is 0 Å². The molecule has 152 valence electrons. The van der Waals surface area contributed by atoms with Gasteiger partial charge in [0.05, 0.1) is 11.8 Å². The summed E-state index contributed by atoms with van der Waals surface area (Å²) in [6, 6.07) is 22.1. The Balaban J connectivity index is 1.42. The lowest BCUT2D eigenvalue weighted by Gasteiger charge is -2.16. The number of nitrogen functional groups attached to an aromatic ring is 1. The average Bonchev–Trinajstić information content (AvgIpc) is 3.12. The summed E-state index contributed by atoms with van der Waals surface area (Å²) in [6.45, 7) is 3.99. The van der Waals surface area contributed by atoms with Gasteiger partial charge in [-0.25, -0.2) is 4.68 Å². The van der Waals surface area contributed by atoms with Crippen LogP contribution in [0.25, 0.3) is 22.2 Å². The molecule has 0 saturated carbocycles. The van der Waals surface area contributed by atoms with E-state index in [2.05, 4.69) is 33.7 Å². The first-order valence-corrected chi connectivity index (χ1v) is 10.7.